The third-order valence-corrected chi connectivity index (χ3v) is 2.13. The van der Waals surface area contributed by atoms with Crippen molar-refractivity contribution in [2.75, 3.05) is 6.54 Å². The van der Waals surface area contributed by atoms with Gasteiger partial charge in [0.15, 0.2) is 6.61 Å². The van der Waals surface area contributed by atoms with Crippen molar-refractivity contribution in [1.82, 2.24) is 10.1 Å². The number of nitrogens with zero attached hydrogens (tertiary/aromatic N) is 2. The van der Waals surface area contributed by atoms with Crippen molar-refractivity contribution >= 4 is 0 Å². The highest BCUT2D eigenvalue weighted by atomic mass is 16.5. The van der Waals surface area contributed by atoms with Gasteiger partial charge in [-0.1, -0.05) is 17.3 Å². The molecule has 0 radical (unpaired) electrons. The molecule has 0 aliphatic rings. The average Bonchev–Trinajstić information content (AvgIpc) is 2.82. The zero-order valence-electron chi connectivity index (χ0n) is 8.80. The van der Waals surface area contributed by atoms with Crippen LogP contribution in [0.25, 0.3) is 0 Å². The van der Waals surface area contributed by atoms with Crippen molar-refractivity contribution in [1.29, 1.82) is 0 Å². The van der Waals surface area contributed by atoms with Gasteiger partial charge in [-0.2, -0.15) is 4.98 Å². The standard InChI is InChI=1S/C11H13N3O2/c12-6-5-9-1-3-10(4-2-9)15-7-11-13-8-16-14-11/h1-4,8H,5-7,12H2. The van der Waals surface area contributed by atoms with Crippen molar-refractivity contribution in [2.45, 2.75) is 13.0 Å². The van der Waals surface area contributed by atoms with Gasteiger partial charge in [-0.25, -0.2) is 0 Å². The number of hydrogen-bond donors (Lipinski definition) is 1. The zero-order chi connectivity index (χ0) is 11.2. The first-order chi connectivity index (χ1) is 7.88. The molecular formula is C11H13N3O2. The van der Waals surface area contributed by atoms with E-state index < -0.39 is 0 Å². The molecule has 1 aromatic heterocycles. The molecule has 0 aliphatic carbocycles. The topological polar surface area (TPSA) is 74.2 Å². The molecule has 0 saturated heterocycles. The van der Waals surface area contributed by atoms with Crippen molar-refractivity contribution in [2.24, 2.45) is 5.73 Å². The summed E-state index contributed by atoms with van der Waals surface area (Å²) in [4.78, 5) is 3.86. The van der Waals surface area contributed by atoms with E-state index in [-0.39, 0.29) is 0 Å². The third-order valence-electron chi connectivity index (χ3n) is 2.13. The first-order valence-corrected chi connectivity index (χ1v) is 5.05. The van der Waals surface area contributed by atoms with Crippen LogP contribution in [0.3, 0.4) is 0 Å². The van der Waals surface area contributed by atoms with E-state index in [9.17, 15) is 0 Å². The number of benzene rings is 1. The van der Waals surface area contributed by atoms with Crippen LogP contribution >= 0.6 is 0 Å². The van der Waals surface area contributed by atoms with Gasteiger partial charge in [0.25, 0.3) is 0 Å². The van der Waals surface area contributed by atoms with Crippen molar-refractivity contribution in [3.05, 3.63) is 42.0 Å². The predicted molar refractivity (Wildman–Crippen MR) is 57.8 cm³/mol. The molecule has 2 N–H and O–H groups in total. The fourth-order valence-corrected chi connectivity index (χ4v) is 1.32. The molecule has 0 unspecified atom stereocenters. The summed E-state index contributed by atoms with van der Waals surface area (Å²) in [6.45, 7) is 0.968. The Morgan fingerprint density at radius 3 is 2.69 bits per heavy atom. The summed E-state index contributed by atoms with van der Waals surface area (Å²) in [5, 5.41) is 3.65. The Morgan fingerprint density at radius 1 is 1.25 bits per heavy atom. The summed E-state index contributed by atoms with van der Waals surface area (Å²) in [7, 11) is 0. The molecule has 16 heavy (non-hydrogen) atoms. The largest absolute Gasteiger partial charge is 0.485 e. The van der Waals surface area contributed by atoms with E-state index in [2.05, 4.69) is 14.7 Å². The van der Waals surface area contributed by atoms with Gasteiger partial charge in [0.05, 0.1) is 0 Å². The Kier molecular flexibility index (Phi) is 3.50. The number of nitrogens with two attached hydrogens (primary N) is 1. The summed E-state index contributed by atoms with van der Waals surface area (Å²) < 4.78 is 10.1. The van der Waals surface area contributed by atoms with Crippen LogP contribution in [-0.4, -0.2) is 16.7 Å². The van der Waals surface area contributed by atoms with E-state index in [4.69, 9.17) is 10.5 Å². The van der Waals surface area contributed by atoms with Gasteiger partial charge in [-0.15, -0.1) is 0 Å². The highest BCUT2D eigenvalue weighted by Crippen LogP contribution is 2.13. The average molecular weight is 219 g/mol. The lowest BCUT2D eigenvalue weighted by Crippen LogP contribution is -2.02. The maximum atomic E-state index is 5.47. The second-order valence-electron chi connectivity index (χ2n) is 3.32. The maximum Gasteiger partial charge on any atom is 0.213 e. The highest BCUT2D eigenvalue weighted by Gasteiger charge is 2.00. The van der Waals surface area contributed by atoms with Gasteiger partial charge < -0.3 is 15.0 Å². The van der Waals surface area contributed by atoms with E-state index in [1.165, 1.54) is 12.0 Å². The molecule has 5 heteroatoms. The van der Waals surface area contributed by atoms with Gasteiger partial charge in [-0.05, 0) is 30.7 Å². The Balaban J connectivity index is 1.90. The lowest BCUT2D eigenvalue weighted by atomic mass is 10.1. The van der Waals surface area contributed by atoms with Crippen LogP contribution in [0.1, 0.15) is 11.4 Å². The van der Waals surface area contributed by atoms with Gasteiger partial charge in [-0.3, -0.25) is 0 Å². The number of hydrogen-bond acceptors (Lipinski definition) is 5. The molecular weight excluding hydrogens is 206 g/mol. The third kappa shape index (κ3) is 2.80. The zero-order valence-corrected chi connectivity index (χ0v) is 8.80. The van der Waals surface area contributed by atoms with E-state index >= 15 is 0 Å². The molecule has 0 spiro atoms. The first-order valence-electron chi connectivity index (χ1n) is 5.05. The normalized spacial score (nSPS) is 10.3. The lowest BCUT2D eigenvalue weighted by molar-refractivity contribution is 0.286. The second-order valence-corrected chi connectivity index (χ2v) is 3.32. The van der Waals surface area contributed by atoms with Crippen LogP contribution in [0.2, 0.25) is 0 Å². The molecule has 1 heterocycles. The van der Waals surface area contributed by atoms with Gasteiger partial charge in [0, 0.05) is 0 Å². The molecule has 0 aliphatic heterocycles. The molecule has 84 valence electrons. The molecule has 2 aromatic rings. The van der Waals surface area contributed by atoms with E-state index in [1.807, 2.05) is 24.3 Å². The van der Waals surface area contributed by atoms with Gasteiger partial charge in [0.2, 0.25) is 12.2 Å². The van der Waals surface area contributed by atoms with Crippen LogP contribution in [0, 0.1) is 0 Å². The minimum Gasteiger partial charge on any atom is -0.485 e. The second kappa shape index (κ2) is 5.27. The summed E-state index contributed by atoms with van der Waals surface area (Å²) in [6.07, 6.45) is 2.16. The number of aromatic nitrogens is 2. The van der Waals surface area contributed by atoms with Crippen LogP contribution in [0.15, 0.2) is 35.2 Å². The minimum atomic E-state index is 0.312. The summed E-state index contributed by atoms with van der Waals surface area (Å²) in [6, 6.07) is 7.81. The fraction of sp³-hybridized carbons (Fsp3) is 0.273. The molecule has 0 atom stereocenters. The van der Waals surface area contributed by atoms with E-state index in [1.54, 1.807) is 0 Å². The smallest absolute Gasteiger partial charge is 0.213 e. The van der Waals surface area contributed by atoms with Crippen molar-refractivity contribution < 1.29 is 9.26 Å². The van der Waals surface area contributed by atoms with Crippen LogP contribution in [-0.2, 0) is 13.0 Å². The molecule has 0 saturated carbocycles. The highest BCUT2D eigenvalue weighted by molar-refractivity contribution is 5.27. The first kappa shape index (κ1) is 10.6. The molecule has 5 nitrogen and oxygen atoms in total. The maximum absolute atomic E-state index is 5.47. The number of ether oxygens (including phenoxy) is 1. The molecule has 1 aromatic carbocycles. The van der Waals surface area contributed by atoms with Crippen molar-refractivity contribution in [3.8, 4) is 5.75 Å². The Labute approximate surface area is 93.2 Å². The lowest BCUT2D eigenvalue weighted by Gasteiger charge is -2.04. The van der Waals surface area contributed by atoms with Crippen LogP contribution < -0.4 is 10.5 Å². The summed E-state index contributed by atoms with van der Waals surface area (Å²) in [5.41, 5.74) is 6.67. The van der Waals surface area contributed by atoms with E-state index in [0.29, 0.717) is 19.0 Å². The predicted octanol–water partition coefficient (Wildman–Crippen LogP) is 1.15. The Morgan fingerprint density at radius 2 is 2.06 bits per heavy atom. The van der Waals surface area contributed by atoms with E-state index in [0.717, 1.165) is 12.2 Å². The quantitative estimate of drug-likeness (QED) is 0.816. The number of rotatable bonds is 5. The van der Waals surface area contributed by atoms with Gasteiger partial charge >= 0.3 is 0 Å². The van der Waals surface area contributed by atoms with Crippen molar-refractivity contribution in [3.63, 3.8) is 0 Å². The fourth-order valence-electron chi connectivity index (χ4n) is 1.32. The minimum absolute atomic E-state index is 0.312. The Bertz CT molecular complexity index is 411. The van der Waals surface area contributed by atoms with Crippen LogP contribution in [0.5, 0.6) is 5.75 Å². The molecule has 2 rings (SSSR count). The summed E-state index contributed by atoms with van der Waals surface area (Å²) >= 11 is 0. The van der Waals surface area contributed by atoms with Crippen LogP contribution in [0.4, 0.5) is 0 Å². The molecule has 0 amide bonds. The SMILES string of the molecule is NCCc1ccc(OCc2ncon2)cc1. The molecule has 0 bridgehead atoms. The summed E-state index contributed by atoms with van der Waals surface area (Å²) in [5.74, 6) is 1.32. The molecule has 0 fully saturated rings. The van der Waals surface area contributed by atoms with Gasteiger partial charge in [0.1, 0.15) is 5.75 Å². The Hall–Kier alpha value is -1.88. The monoisotopic (exact) mass is 219 g/mol.